The molecule has 0 atom stereocenters. The van der Waals surface area contributed by atoms with Gasteiger partial charge >= 0.3 is 0 Å². The molecule has 0 fully saturated rings. The SMILES string of the molecule is Ic1cccc(NCc2ccc3[nH]ccc3c2)c1. The van der Waals surface area contributed by atoms with E-state index in [-0.39, 0.29) is 0 Å². The Kier molecular flexibility index (Phi) is 3.23. The lowest BCUT2D eigenvalue weighted by molar-refractivity contribution is 1.15. The molecule has 0 aliphatic rings. The van der Waals surface area contributed by atoms with Gasteiger partial charge in [0.05, 0.1) is 0 Å². The second kappa shape index (κ2) is 5.02. The lowest BCUT2D eigenvalue weighted by atomic mass is 10.1. The molecule has 18 heavy (non-hydrogen) atoms. The zero-order chi connectivity index (χ0) is 12.4. The molecule has 0 radical (unpaired) electrons. The lowest BCUT2D eigenvalue weighted by Gasteiger charge is -2.07. The normalized spacial score (nSPS) is 10.7. The van der Waals surface area contributed by atoms with E-state index in [0.717, 1.165) is 12.2 Å². The van der Waals surface area contributed by atoms with Crippen molar-refractivity contribution in [2.24, 2.45) is 0 Å². The summed E-state index contributed by atoms with van der Waals surface area (Å²) in [5.41, 5.74) is 3.64. The van der Waals surface area contributed by atoms with Crippen LogP contribution in [-0.4, -0.2) is 4.98 Å². The van der Waals surface area contributed by atoms with Crippen LogP contribution in [0.1, 0.15) is 5.56 Å². The maximum atomic E-state index is 3.44. The van der Waals surface area contributed by atoms with Crippen LogP contribution < -0.4 is 5.32 Å². The minimum Gasteiger partial charge on any atom is -0.381 e. The fourth-order valence-corrected chi connectivity index (χ4v) is 2.56. The number of nitrogens with one attached hydrogen (secondary N) is 2. The van der Waals surface area contributed by atoms with Crippen LogP contribution in [0.2, 0.25) is 0 Å². The number of hydrogen-bond donors (Lipinski definition) is 2. The Labute approximate surface area is 120 Å². The zero-order valence-electron chi connectivity index (χ0n) is 9.78. The minimum absolute atomic E-state index is 0.848. The zero-order valence-corrected chi connectivity index (χ0v) is 11.9. The second-order valence-corrected chi connectivity index (χ2v) is 5.51. The molecule has 3 heteroatoms. The number of halogens is 1. The van der Waals surface area contributed by atoms with Gasteiger partial charge in [0.1, 0.15) is 0 Å². The summed E-state index contributed by atoms with van der Waals surface area (Å²) in [7, 11) is 0. The number of rotatable bonds is 3. The van der Waals surface area contributed by atoms with Gasteiger partial charge in [-0.25, -0.2) is 0 Å². The predicted molar refractivity (Wildman–Crippen MR) is 84.8 cm³/mol. The predicted octanol–water partition coefficient (Wildman–Crippen LogP) is 4.38. The number of hydrogen-bond acceptors (Lipinski definition) is 1. The number of H-pyrrole nitrogens is 1. The molecule has 0 aliphatic heterocycles. The van der Waals surface area contributed by atoms with Gasteiger partial charge < -0.3 is 10.3 Å². The molecule has 1 heterocycles. The quantitative estimate of drug-likeness (QED) is 0.676. The molecule has 0 unspecified atom stereocenters. The van der Waals surface area contributed by atoms with E-state index in [1.807, 2.05) is 6.20 Å². The molecule has 3 aromatic rings. The minimum atomic E-state index is 0.848. The standard InChI is InChI=1S/C15H13IN2/c16-13-2-1-3-14(9-13)18-10-11-4-5-15-12(8-11)6-7-17-15/h1-9,17-18H,10H2. The van der Waals surface area contributed by atoms with Gasteiger partial charge in [-0.05, 0) is 69.9 Å². The van der Waals surface area contributed by atoms with Crippen molar-refractivity contribution >= 4 is 39.2 Å². The summed E-state index contributed by atoms with van der Waals surface area (Å²) < 4.78 is 1.25. The molecule has 3 rings (SSSR count). The van der Waals surface area contributed by atoms with Crippen molar-refractivity contribution in [1.29, 1.82) is 0 Å². The van der Waals surface area contributed by atoms with E-state index >= 15 is 0 Å². The molecular weight excluding hydrogens is 335 g/mol. The summed E-state index contributed by atoms with van der Waals surface area (Å²) in [5.74, 6) is 0. The van der Waals surface area contributed by atoms with Gasteiger partial charge in [0.25, 0.3) is 0 Å². The number of anilines is 1. The Morgan fingerprint density at radius 3 is 2.89 bits per heavy atom. The molecule has 0 saturated heterocycles. The molecule has 2 aromatic carbocycles. The lowest BCUT2D eigenvalue weighted by Crippen LogP contribution is -1.99. The monoisotopic (exact) mass is 348 g/mol. The van der Waals surface area contributed by atoms with Gasteiger partial charge in [0, 0.05) is 27.5 Å². The highest BCUT2D eigenvalue weighted by Gasteiger charge is 1.98. The summed E-state index contributed by atoms with van der Waals surface area (Å²) in [6.07, 6.45) is 1.97. The highest BCUT2D eigenvalue weighted by Crippen LogP contribution is 2.17. The highest BCUT2D eigenvalue weighted by atomic mass is 127. The Bertz CT molecular complexity index is 673. The first-order chi connectivity index (χ1) is 8.81. The van der Waals surface area contributed by atoms with Crippen LogP contribution in [0.5, 0.6) is 0 Å². The third-order valence-electron chi connectivity index (χ3n) is 2.94. The van der Waals surface area contributed by atoms with Crippen LogP contribution in [0.25, 0.3) is 10.9 Å². The van der Waals surface area contributed by atoms with Crippen molar-refractivity contribution in [3.63, 3.8) is 0 Å². The van der Waals surface area contributed by atoms with Crippen molar-refractivity contribution < 1.29 is 0 Å². The summed E-state index contributed by atoms with van der Waals surface area (Å²) in [6, 6.07) is 17.0. The van der Waals surface area contributed by atoms with Gasteiger partial charge in [0.2, 0.25) is 0 Å². The van der Waals surface area contributed by atoms with Crippen molar-refractivity contribution in [2.75, 3.05) is 5.32 Å². The van der Waals surface area contributed by atoms with Crippen molar-refractivity contribution in [1.82, 2.24) is 4.98 Å². The summed E-state index contributed by atoms with van der Waals surface area (Å²) >= 11 is 2.33. The average molecular weight is 348 g/mol. The Hall–Kier alpha value is -1.49. The Morgan fingerprint density at radius 1 is 1.06 bits per heavy atom. The molecule has 0 amide bonds. The van der Waals surface area contributed by atoms with Crippen LogP contribution in [-0.2, 0) is 6.54 Å². The second-order valence-electron chi connectivity index (χ2n) is 4.26. The van der Waals surface area contributed by atoms with Crippen LogP contribution >= 0.6 is 22.6 Å². The fraction of sp³-hybridized carbons (Fsp3) is 0.0667. The summed E-state index contributed by atoms with van der Waals surface area (Å²) in [4.78, 5) is 3.21. The van der Waals surface area contributed by atoms with Gasteiger partial charge in [-0.1, -0.05) is 12.1 Å². The first-order valence-electron chi connectivity index (χ1n) is 5.87. The van der Waals surface area contributed by atoms with E-state index in [1.165, 1.54) is 20.0 Å². The molecule has 0 aliphatic carbocycles. The number of aromatic nitrogens is 1. The molecular formula is C15H13IN2. The van der Waals surface area contributed by atoms with E-state index in [9.17, 15) is 0 Å². The van der Waals surface area contributed by atoms with E-state index < -0.39 is 0 Å². The maximum Gasteiger partial charge on any atom is 0.0454 e. The number of fused-ring (bicyclic) bond motifs is 1. The third-order valence-corrected chi connectivity index (χ3v) is 3.61. The number of aromatic amines is 1. The first-order valence-corrected chi connectivity index (χ1v) is 6.94. The summed E-state index contributed by atoms with van der Waals surface area (Å²) in [6.45, 7) is 0.848. The largest absolute Gasteiger partial charge is 0.381 e. The third kappa shape index (κ3) is 2.51. The number of benzene rings is 2. The molecule has 0 spiro atoms. The van der Waals surface area contributed by atoms with Gasteiger partial charge in [0.15, 0.2) is 0 Å². The Morgan fingerprint density at radius 2 is 2.00 bits per heavy atom. The van der Waals surface area contributed by atoms with Crippen molar-refractivity contribution in [3.8, 4) is 0 Å². The van der Waals surface area contributed by atoms with Crippen LogP contribution in [0.3, 0.4) is 0 Å². The molecule has 90 valence electrons. The first kappa shape index (κ1) is 11.6. The van der Waals surface area contributed by atoms with E-state index in [1.54, 1.807) is 0 Å². The van der Waals surface area contributed by atoms with Gasteiger partial charge in [-0.2, -0.15) is 0 Å². The van der Waals surface area contributed by atoms with E-state index in [0.29, 0.717) is 0 Å². The van der Waals surface area contributed by atoms with E-state index in [4.69, 9.17) is 0 Å². The fourth-order valence-electron chi connectivity index (χ4n) is 2.02. The molecule has 0 saturated carbocycles. The molecule has 2 nitrogen and oxygen atoms in total. The summed E-state index contributed by atoms with van der Waals surface area (Å²) in [5, 5.41) is 4.70. The molecule has 0 bridgehead atoms. The van der Waals surface area contributed by atoms with Crippen LogP contribution in [0.4, 0.5) is 5.69 Å². The highest BCUT2D eigenvalue weighted by molar-refractivity contribution is 14.1. The van der Waals surface area contributed by atoms with Crippen LogP contribution in [0, 0.1) is 3.57 Å². The van der Waals surface area contributed by atoms with Crippen LogP contribution in [0.15, 0.2) is 54.7 Å². The average Bonchev–Trinajstić information content (AvgIpc) is 2.84. The van der Waals surface area contributed by atoms with Crippen molar-refractivity contribution in [2.45, 2.75) is 6.54 Å². The maximum absolute atomic E-state index is 3.44. The van der Waals surface area contributed by atoms with Gasteiger partial charge in [-0.3, -0.25) is 0 Å². The van der Waals surface area contributed by atoms with Gasteiger partial charge in [-0.15, -0.1) is 0 Å². The molecule has 1 aromatic heterocycles. The van der Waals surface area contributed by atoms with Crippen molar-refractivity contribution in [3.05, 3.63) is 63.9 Å². The Balaban J connectivity index is 1.76. The van der Waals surface area contributed by atoms with E-state index in [2.05, 4.69) is 81.4 Å². The molecule has 2 N–H and O–H groups in total. The smallest absolute Gasteiger partial charge is 0.0454 e. The topological polar surface area (TPSA) is 27.8 Å².